The first-order chi connectivity index (χ1) is 16.6. The quantitative estimate of drug-likeness (QED) is 0.265. The van der Waals surface area contributed by atoms with Crippen molar-refractivity contribution in [2.24, 2.45) is 0 Å². The number of rotatable bonds is 6. The number of aromatic amines is 1. The van der Waals surface area contributed by atoms with E-state index in [9.17, 15) is 27.2 Å². The summed E-state index contributed by atoms with van der Waals surface area (Å²) in [5, 5.41) is 2.96. The lowest BCUT2D eigenvalue weighted by molar-refractivity contribution is -0.138. The second-order valence-electron chi connectivity index (χ2n) is 7.99. The number of anilines is 1. The van der Waals surface area contributed by atoms with Gasteiger partial charge in [-0.2, -0.15) is 13.2 Å². The van der Waals surface area contributed by atoms with Crippen molar-refractivity contribution in [1.29, 1.82) is 0 Å². The van der Waals surface area contributed by atoms with Crippen molar-refractivity contribution >= 4 is 28.4 Å². The molecule has 3 heterocycles. The highest BCUT2D eigenvalue weighted by Crippen LogP contribution is 2.32. The number of amides is 1. The van der Waals surface area contributed by atoms with E-state index in [1.54, 1.807) is 31.5 Å². The van der Waals surface area contributed by atoms with E-state index in [1.165, 1.54) is 19.1 Å². The van der Waals surface area contributed by atoms with Gasteiger partial charge >= 0.3 is 6.18 Å². The Morgan fingerprint density at radius 2 is 1.83 bits per heavy atom. The molecule has 3 aromatic heterocycles. The summed E-state index contributed by atoms with van der Waals surface area (Å²) in [5.74, 6) is -1.39. The number of Topliss-reactive ketones (excluding diaryl/α,β-unsaturated/α-hetero) is 1. The Kier molecular flexibility index (Phi) is 6.38. The molecule has 4 aromatic rings. The predicted molar refractivity (Wildman–Crippen MR) is 122 cm³/mol. The minimum Gasteiger partial charge on any atom is -0.345 e. The number of hydrogen-bond acceptors (Lipinski definition) is 4. The fraction of sp³-hybridized carbons (Fsp3) is 0.200. The van der Waals surface area contributed by atoms with Crippen molar-refractivity contribution < 1.29 is 27.2 Å². The Balaban J connectivity index is 1.53. The summed E-state index contributed by atoms with van der Waals surface area (Å²) in [4.78, 5) is 35.4. The molecule has 1 aromatic carbocycles. The molecule has 0 aliphatic rings. The number of pyridine rings is 2. The average Bonchev–Trinajstić information content (AvgIpc) is 3.23. The number of halogens is 4. The fourth-order valence-corrected chi connectivity index (χ4v) is 3.72. The highest BCUT2D eigenvalue weighted by atomic mass is 19.4. The summed E-state index contributed by atoms with van der Waals surface area (Å²) in [6.07, 6.45) is -0.407. The molecule has 0 aliphatic carbocycles. The maximum Gasteiger partial charge on any atom is 0.418 e. The predicted octanol–water partition coefficient (Wildman–Crippen LogP) is 5.87. The molecular weight excluding hydrogens is 464 g/mol. The Morgan fingerprint density at radius 3 is 2.51 bits per heavy atom. The van der Waals surface area contributed by atoms with Crippen LogP contribution in [0.1, 0.15) is 40.5 Å². The van der Waals surface area contributed by atoms with Crippen LogP contribution < -0.4 is 5.32 Å². The van der Waals surface area contributed by atoms with Crippen LogP contribution in [0.2, 0.25) is 0 Å². The number of carbonyl (C=O) groups is 2. The SMILES string of the molecule is CCC(=O)c1c[nH]c2ncc(-c3ccc(CC(=O)Nc4cnc(C)c(C(F)(F)F)c4)c(F)c3)cc12. The summed E-state index contributed by atoms with van der Waals surface area (Å²) >= 11 is 0. The van der Waals surface area contributed by atoms with Crippen LogP contribution in [0.3, 0.4) is 0 Å². The third-order valence-corrected chi connectivity index (χ3v) is 5.57. The Morgan fingerprint density at radius 1 is 1.06 bits per heavy atom. The monoisotopic (exact) mass is 484 g/mol. The minimum atomic E-state index is -4.61. The number of H-pyrrole nitrogens is 1. The zero-order valence-corrected chi connectivity index (χ0v) is 18.8. The summed E-state index contributed by atoms with van der Waals surface area (Å²) in [5.41, 5.74) is 0.896. The van der Waals surface area contributed by atoms with Gasteiger partial charge < -0.3 is 10.3 Å². The molecule has 0 spiro atoms. The van der Waals surface area contributed by atoms with Crippen LogP contribution in [-0.4, -0.2) is 26.6 Å². The van der Waals surface area contributed by atoms with E-state index in [1.807, 2.05) is 0 Å². The maximum atomic E-state index is 14.8. The van der Waals surface area contributed by atoms with Crippen LogP contribution in [0.25, 0.3) is 22.2 Å². The van der Waals surface area contributed by atoms with Gasteiger partial charge in [0.1, 0.15) is 11.5 Å². The lowest BCUT2D eigenvalue weighted by Crippen LogP contribution is -2.17. The van der Waals surface area contributed by atoms with Gasteiger partial charge in [-0.1, -0.05) is 19.1 Å². The van der Waals surface area contributed by atoms with Gasteiger partial charge in [-0.25, -0.2) is 9.37 Å². The Hall–Kier alpha value is -4.08. The summed E-state index contributed by atoms with van der Waals surface area (Å²) < 4.78 is 54.0. The fourth-order valence-electron chi connectivity index (χ4n) is 3.72. The molecular formula is C25H20F4N4O2. The first-order valence-corrected chi connectivity index (χ1v) is 10.7. The van der Waals surface area contributed by atoms with Gasteiger partial charge in [0.25, 0.3) is 0 Å². The Bertz CT molecular complexity index is 1440. The topological polar surface area (TPSA) is 87.7 Å². The first kappa shape index (κ1) is 24.1. The van der Waals surface area contributed by atoms with Gasteiger partial charge in [-0.15, -0.1) is 0 Å². The number of alkyl halides is 3. The van der Waals surface area contributed by atoms with Crippen LogP contribution in [0.15, 0.2) is 48.9 Å². The van der Waals surface area contributed by atoms with Gasteiger partial charge in [0.2, 0.25) is 5.91 Å². The molecule has 10 heteroatoms. The first-order valence-electron chi connectivity index (χ1n) is 10.7. The lowest BCUT2D eigenvalue weighted by atomic mass is 10.0. The van der Waals surface area contributed by atoms with Crippen molar-refractivity contribution in [3.8, 4) is 11.1 Å². The highest BCUT2D eigenvalue weighted by Gasteiger charge is 2.33. The van der Waals surface area contributed by atoms with E-state index < -0.39 is 23.5 Å². The third-order valence-electron chi connectivity index (χ3n) is 5.57. The van der Waals surface area contributed by atoms with Gasteiger partial charge in [-0.05, 0) is 36.2 Å². The van der Waals surface area contributed by atoms with E-state index in [-0.39, 0.29) is 29.1 Å². The lowest BCUT2D eigenvalue weighted by Gasteiger charge is -2.12. The third kappa shape index (κ3) is 5.06. The largest absolute Gasteiger partial charge is 0.418 e. The summed E-state index contributed by atoms with van der Waals surface area (Å²) in [6.45, 7) is 2.98. The van der Waals surface area contributed by atoms with Crippen LogP contribution in [0, 0.1) is 12.7 Å². The van der Waals surface area contributed by atoms with Crippen molar-refractivity contribution in [1.82, 2.24) is 15.0 Å². The maximum absolute atomic E-state index is 14.8. The van der Waals surface area contributed by atoms with Crippen LogP contribution >= 0.6 is 0 Å². The molecule has 0 fully saturated rings. The molecule has 0 aliphatic heterocycles. The minimum absolute atomic E-state index is 0.0473. The smallest absolute Gasteiger partial charge is 0.345 e. The van der Waals surface area contributed by atoms with Gasteiger partial charge in [0, 0.05) is 41.0 Å². The second-order valence-corrected chi connectivity index (χ2v) is 7.99. The van der Waals surface area contributed by atoms with Gasteiger partial charge in [0.05, 0.1) is 23.9 Å². The zero-order chi connectivity index (χ0) is 25.3. The van der Waals surface area contributed by atoms with Crippen molar-refractivity contribution in [2.75, 3.05) is 5.32 Å². The van der Waals surface area contributed by atoms with E-state index >= 15 is 0 Å². The number of aromatic nitrogens is 3. The summed E-state index contributed by atoms with van der Waals surface area (Å²) in [7, 11) is 0. The number of nitrogens with zero attached hydrogens (tertiary/aromatic N) is 2. The summed E-state index contributed by atoms with van der Waals surface area (Å²) in [6, 6.07) is 6.82. The number of fused-ring (bicyclic) bond motifs is 1. The average molecular weight is 484 g/mol. The van der Waals surface area contributed by atoms with Gasteiger partial charge in [-0.3, -0.25) is 14.6 Å². The van der Waals surface area contributed by atoms with E-state index in [0.717, 1.165) is 12.3 Å². The van der Waals surface area contributed by atoms with Gasteiger partial charge in [0.15, 0.2) is 5.78 Å². The molecule has 180 valence electrons. The molecule has 0 atom stereocenters. The molecule has 4 rings (SSSR count). The molecule has 0 saturated heterocycles. The molecule has 0 radical (unpaired) electrons. The van der Waals surface area contributed by atoms with Crippen molar-refractivity contribution in [3.63, 3.8) is 0 Å². The van der Waals surface area contributed by atoms with E-state index in [0.29, 0.717) is 34.1 Å². The van der Waals surface area contributed by atoms with E-state index in [2.05, 4.69) is 20.3 Å². The zero-order valence-electron chi connectivity index (χ0n) is 18.8. The molecule has 0 saturated carbocycles. The van der Waals surface area contributed by atoms with Crippen LogP contribution in [0.4, 0.5) is 23.2 Å². The number of hydrogen-bond donors (Lipinski definition) is 2. The molecule has 35 heavy (non-hydrogen) atoms. The molecule has 0 bridgehead atoms. The normalized spacial score (nSPS) is 11.6. The number of aryl methyl sites for hydroxylation is 1. The van der Waals surface area contributed by atoms with Crippen molar-refractivity contribution in [2.45, 2.75) is 32.9 Å². The second kappa shape index (κ2) is 9.28. The van der Waals surface area contributed by atoms with Crippen LogP contribution in [-0.2, 0) is 17.4 Å². The number of carbonyl (C=O) groups excluding carboxylic acids is 2. The van der Waals surface area contributed by atoms with Crippen LogP contribution in [0.5, 0.6) is 0 Å². The standard InChI is InChI=1S/C25H20F4N4O2/c1-3-22(34)19-12-32-24-18(19)6-16(10-31-24)14-4-5-15(21(26)7-14)8-23(35)33-17-9-20(25(27,28)29)13(2)30-11-17/h4-7,9-12H,3,8H2,1-2H3,(H,31,32)(H,33,35). The molecule has 0 unspecified atom stereocenters. The number of ketones is 1. The van der Waals surface area contributed by atoms with E-state index in [4.69, 9.17) is 0 Å². The highest BCUT2D eigenvalue weighted by molar-refractivity contribution is 6.07. The molecule has 6 nitrogen and oxygen atoms in total. The Labute approximate surface area is 197 Å². The van der Waals surface area contributed by atoms with Crippen molar-refractivity contribution in [3.05, 3.63) is 77.1 Å². The number of benzene rings is 1. The molecule has 2 N–H and O–H groups in total. The number of nitrogens with one attached hydrogen (secondary N) is 2. The molecule has 1 amide bonds.